The average Bonchev–Trinajstić information content (AvgIpc) is 3.15. The van der Waals surface area contributed by atoms with Crippen molar-refractivity contribution in [1.82, 2.24) is 25.1 Å². The molecule has 124 valence electrons. The standard InChI is InChI=1S/C14H19N5O3S/c1-2-22-5-3-4-15-11(20)6-9-8-23-14-17-12-10(7-16-18-12)13(21)19(9)14/h7,9H,2-6,8H2,1H3,(H,15,20)(H,16,18). The minimum Gasteiger partial charge on any atom is -0.382 e. The van der Waals surface area contributed by atoms with Crippen molar-refractivity contribution in [2.45, 2.75) is 31.0 Å². The minimum atomic E-state index is -0.166. The molecule has 23 heavy (non-hydrogen) atoms. The molecule has 2 N–H and O–H groups in total. The summed E-state index contributed by atoms with van der Waals surface area (Å²) in [6.45, 7) is 3.85. The lowest BCUT2D eigenvalue weighted by Crippen LogP contribution is -2.31. The highest BCUT2D eigenvalue weighted by molar-refractivity contribution is 7.99. The first-order chi connectivity index (χ1) is 11.2. The lowest BCUT2D eigenvalue weighted by Gasteiger charge is -2.13. The summed E-state index contributed by atoms with van der Waals surface area (Å²) in [5.41, 5.74) is 0.354. The van der Waals surface area contributed by atoms with Gasteiger partial charge in [0.1, 0.15) is 5.39 Å². The second-order valence-corrected chi connectivity index (χ2v) is 6.26. The fourth-order valence-electron chi connectivity index (χ4n) is 2.54. The second kappa shape index (κ2) is 7.14. The molecule has 3 rings (SSSR count). The van der Waals surface area contributed by atoms with Crippen LogP contribution in [0.15, 0.2) is 16.1 Å². The highest BCUT2D eigenvalue weighted by atomic mass is 32.2. The van der Waals surface area contributed by atoms with Gasteiger partial charge in [0, 0.05) is 31.9 Å². The molecular formula is C14H19N5O3S. The predicted octanol–water partition coefficient (Wildman–Crippen LogP) is 0.699. The zero-order chi connectivity index (χ0) is 16.2. The molecule has 1 amide bonds. The van der Waals surface area contributed by atoms with Gasteiger partial charge < -0.3 is 10.1 Å². The Morgan fingerprint density at radius 2 is 2.48 bits per heavy atom. The summed E-state index contributed by atoms with van der Waals surface area (Å²) in [4.78, 5) is 28.9. The van der Waals surface area contributed by atoms with Crippen LogP contribution in [0.5, 0.6) is 0 Å². The summed E-state index contributed by atoms with van der Waals surface area (Å²) in [6.07, 6.45) is 2.54. The van der Waals surface area contributed by atoms with Gasteiger partial charge in [0.25, 0.3) is 5.56 Å². The fourth-order valence-corrected chi connectivity index (χ4v) is 3.67. The number of carbonyl (C=O) groups is 1. The van der Waals surface area contributed by atoms with Crippen molar-refractivity contribution >= 4 is 28.7 Å². The van der Waals surface area contributed by atoms with Gasteiger partial charge in [-0.3, -0.25) is 19.3 Å². The number of amides is 1. The Labute approximate surface area is 137 Å². The van der Waals surface area contributed by atoms with E-state index in [1.165, 1.54) is 18.0 Å². The summed E-state index contributed by atoms with van der Waals surface area (Å²) in [7, 11) is 0. The molecule has 1 aliphatic rings. The van der Waals surface area contributed by atoms with Crippen molar-refractivity contribution in [2.75, 3.05) is 25.5 Å². The Morgan fingerprint density at radius 1 is 1.61 bits per heavy atom. The maximum atomic E-state index is 12.5. The van der Waals surface area contributed by atoms with Crippen LogP contribution in [0.3, 0.4) is 0 Å². The van der Waals surface area contributed by atoms with E-state index in [1.807, 2.05) is 6.92 Å². The van der Waals surface area contributed by atoms with Gasteiger partial charge in [-0.25, -0.2) is 4.98 Å². The molecule has 0 bridgehead atoms. The molecule has 0 fully saturated rings. The van der Waals surface area contributed by atoms with Gasteiger partial charge in [-0.2, -0.15) is 5.10 Å². The largest absolute Gasteiger partial charge is 0.382 e. The summed E-state index contributed by atoms with van der Waals surface area (Å²) < 4.78 is 6.84. The Kier molecular flexibility index (Phi) is 4.97. The number of H-pyrrole nitrogens is 1. The van der Waals surface area contributed by atoms with Crippen molar-refractivity contribution in [1.29, 1.82) is 0 Å². The zero-order valence-corrected chi connectivity index (χ0v) is 13.7. The number of aromatic nitrogens is 4. The number of aromatic amines is 1. The number of nitrogens with zero attached hydrogens (tertiary/aromatic N) is 3. The van der Waals surface area contributed by atoms with E-state index in [-0.39, 0.29) is 23.9 Å². The molecule has 1 atom stereocenters. The average molecular weight is 337 g/mol. The Balaban J connectivity index is 1.63. The Morgan fingerprint density at radius 3 is 3.30 bits per heavy atom. The third kappa shape index (κ3) is 3.40. The molecule has 2 aromatic rings. The van der Waals surface area contributed by atoms with E-state index < -0.39 is 0 Å². The van der Waals surface area contributed by atoms with Gasteiger partial charge in [-0.15, -0.1) is 0 Å². The smallest absolute Gasteiger partial charge is 0.265 e. The van der Waals surface area contributed by atoms with E-state index in [0.29, 0.717) is 41.7 Å². The molecule has 9 heteroatoms. The van der Waals surface area contributed by atoms with E-state index in [0.717, 1.165) is 6.42 Å². The monoisotopic (exact) mass is 337 g/mol. The van der Waals surface area contributed by atoms with E-state index in [2.05, 4.69) is 20.5 Å². The number of carbonyl (C=O) groups excluding carboxylic acids is 1. The SMILES string of the molecule is CCOCCCNC(=O)CC1CSc2nc3[nH]ncc3c(=O)n21. The van der Waals surface area contributed by atoms with E-state index in [9.17, 15) is 9.59 Å². The van der Waals surface area contributed by atoms with E-state index in [1.54, 1.807) is 4.57 Å². The van der Waals surface area contributed by atoms with Crippen LogP contribution in [0, 0.1) is 0 Å². The van der Waals surface area contributed by atoms with Gasteiger partial charge in [0.2, 0.25) is 5.91 Å². The number of rotatable bonds is 7. The Bertz CT molecular complexity index is 756. The molecule has 2 aromatic heterocycles. The zero-order valence-electron chi connectivity index (χ0n) is 12.9. The molecule has 3 heterocycles. The molecule has 1 unspecified atom stereocenters. The lowest BCUT2D eigenvalue weighted by atomic mass is 10.2. The first kappa shape index (κ1) is 16.0. The summed E-state index contributed by atoms with van der Waals surface area (Å²) in [6, 6.07) is -0.166. The van der Waals surface area contributed by atoms with E-state index in [4.69, 9.17) is 4.74 Å². The number of hydrogen-bond acceptors (Lipinski definition) is 6. The third-order valence-electron chi connectivity index (χ3n) is 3.66. The van der Waals surface area contributed by atoms with Gasteiger partial charge in [-0.1, -0.05) is 11.8 Å². The van der Waals surface area contributed by atoms with Crippen LogP contribution >= 0.6 is 11.8 Å². The maximum absolute atomic E-state index is 12.5. The van der Waals surface area contributed by atoms with E-state index >= 15 is 0 Å². The Hall–Kier alpha value is -1.87. The normalized spacial score (nSPS) is 16.7. The lowest BCUT2D eigenvalue weighted by molar-refractivity contribution is -0.121. The number of thioether (sulfide) groups is 1. The molecule has 0 aliphatic carbocycles. The van der Waals surface area contributed by atoms with Gasteiger partial charge in [-0.05, 0) is 13.3 Å². The number of ether oxygens (including phenoxy) is 1. The summed E-state index contributed by atoms with van der Waals surface area (Å²) >= 11 is 1.49. The van der Waals surface area contributed by atoms with Gasteiger partial charge >= 0.3 is 0 Å². The molecule has 0 saturated carbocycles. The molecule has 0 saturated heterocycles. The topological polar surface area (TPSA) is 102 Å². The van der Waals surface area contributed by atoms with Crippen molar-refractivity contribution in [3.05, 3.63) is 16.6 Å². The van der Waals surface area contributed by atoms with Crippen LogP contribution in [0.1, 0.15) is 25.8 Å². The molecule has 8 nitrogen and oxygen atoms in total. The van der Waals surface area contributed by atoms with Crippen LogP contribution in [0.25, 0.3) is 11.0 Å². The quantitative estimate of drug-likeness (QED) is 0.569. The fraction of sp³-hybridized carbons (Fsp3) is 0.571. The third-order valence-corrected chi connectivity index (χ3v) is 4.76. The van der Waals surface area contributed by atoms with Crippen molar-refractivity contribution in [3.8, 4) is 0 Å². The summed E-state index contributed by atoms with van der Waals surface area (Å²) in [5, 5.41) is 10.5. The highest BCUT2D eigenvalue weighted by Gasteiger charge is 2.28. The molecule has 1 aliphatic heterocycles. The first-order valence-corrected chi connectivity index (χ1v) is 8.62. The van der Waals surface area contributed by atoms with Crippen LogP contribution in [-0.2, 0) is 9.53 Å². The van der Waals surface area contributed by atoms with Crippen LogP contribution < -0.4 is 10.9 Å². The van der Waals surface area contributed by atoms with Crippen LogP contribution in [0.2, 0.25) is 0 Å². The molecule has 0 spiro atoms. The minimum absolute atomic E-state index is 0.0564. The van der Waals surface area contributed by atoms with Crippen molar-refractivity contribution in [2.24, 2.45) is 0 Å². The molecular weight excluding hydrogens is 318 g/mol. The van der Waals surface area contributed by atoms with Gasteiger partial charge in [0.05, 0.1) is 12.2 Å². The highest BCUT2D eigenvalue weighted by Crippen LogP contribution is 2.32. The van der Waals surface area contributed by atoms with Crippen molar-refractivity contribution in [3.63, 3.8) is 0 Å². The van der Waals surface area contributed by atoms with Crippen LogP contribution in [0.4, 0.5) is 0 Å². The first-order valence-electron chi connectivity index (χ1n) is 7.63. The van der Waals surface area contributed by atoms with Gasteiger partial charge in [0.15, 0.2) is 10.8 Å². The second-order valence-electron chi connectivity index (χ2n) is 5.27. The number of hydrogen-bond donors (Lipinski definition) is 2. The predicted molar refractivity (Wildman–Crippen MR) is 86.6 cm³/mol. The molecule has 0 radical (unpaired) electrons. The maximum Gasteiger partial charge on any atom is 0.265 e. The molecule has 0 aromatic carbocycles. The van der Waals surface area contributed by atoms with Crippen molar-refractivity contribution < 1.29 is 9.53 Å². The summed E-state index contributed by atoms with van der Waals surface area (Å²) in [5.74, 6) is 0.619. The number of nitrogens with one attached hydrogen (secondary N) is 2. The number of fused-ring (bicyclic) bond motifs is 2. The van der Waals surface area contributed by atoms with Crippen LogP contribution in [-0.4, -0.2) is 51.2 Å².